The molecule has 130 valence electrons. The van der Waals surface area contributed by atoms with Crippen molar-refractivity contribution < 1.29 is 9.50 Å². The van der Waals surface area contributed by atoms with Gasteiger partial charge in [-0.2, -0.15) is 0 Å². The van der Waals surface area contributed by atoms with Crippen molar-refractivity contribution >= 4 is 29.9 Å². The normalized spacial score (nSPS) is 10.9. The van der Waals surface area contributed by atoms with Crippen molar-refractivity contribution in [1.29, 1.82) is 0 Å². The molecule has 0 aliphatic rings. The molecule has 1 aromatic heterocycles. The molecule has 0 bridgehead atoms. The smallest absolute Gasteiger partial charge is 0.191 e. The second kappa shape index (κ2) is 10.9. The summed E-state index contributed by atoms with van der Waals surface area (Å²) < 4.78 is 13.4. The number of hydrogen-bond donors (Lipinski definition) is 3. The number of rotatable bonds is 6. The van der Waals surface area contributed by atoms with Crippen molar-refractivity contribution in [3.8, 4) is 0 Å². The first-order valence-electron chi connectivity index (χ1n) is 7.53. The molecular formula is C17H22FIN4O. The fourth-order valence-corrected chi connectivity index (χ4v) is 2.04. The molecule has 0 spiro atoms. The molecule has 5 nitrogen and oxygen atoms in total. The maximum Gasteiger partial charge on any atom is 0.191 e. The molecule has 0 atom stereocenters. The predicted octanol–water partition coefficient (Wildman–Crippen LogP) is 2.59. The second-order valence-corrected chi connectivity index (χ2v) is 4.95. The highest BCUT2D eigenvalue weighted by Gasteiger charge is 2.03. The van der Waals surface area contributed by atoms with E-state index in [1.54, 1.807) is 18.3 Å². The summed E-state index contributed by atoms with van der Waals surface area (Å²) in [5.74, 6) is 0.258. The lowest BCUT2D eigenvalue weighted by atomic mass is 10.1. The van der Waals surface area contributed by atoms with Crippen molar-refractivity contribution in [3.63, 3.8) is 0 Å². The highest BCUT2D eigenvalue weighted by molar-refractivity contribution is 14.0. The molecule has 1 aromatic carbocycles. The maximum absolute atomic E-state index is 13.4. The Kier molecular flexibility index (Phi) is 9.24. The number of nitrogens with one attached hydrogen (secondary N) is 2. The first-order valence-corrected chi connectivity index (χ1v) is 7.53. The Bertz CT molecular complexity index is 652. The number of aliphatic imine (C=N–C) groups is 1. The van der Waals surface area contributed by atoms with Gasteiger partial charge in [0.25, 0.3) is 0 Å². The SMILES string of the molecule is CCNC(=NCc1ccc(F)c(CO)c1)NCc1ccccn1.I. The molecule has 0 aliphatic carbocycles. The van der Waals surface area contributed by atoms with Gasteiger partial charge in [-0.15, -0.1) is 24.0 Å². The van der Waals surface area contributed by atoms with Gasteiger partial charge in [0.1, 0.15) is 5.82 Å². The first kappa shape index (κ1) is 20.3. The van der Waals surface area contributed by atoms with Crippen LogP contribution in [0.4, 0.5) is 4.39 Å². The fourth-order valence-electron chi connectivity index (χ4n) is 2.04. The number of halogens is 2. The molecule has 2 aromatic rings. The summed E-state index contributed by atoms with van der Waals surface area (Å²) >= 11 is 0. The molecule has 1 heterocycles. The largest absolute Gasteiger partial charge is 0.392 e. The molecule has 0 unspecified atom stereocenters. The van der Waals surface area contributed by atoms with Crippen molar-refractivity contribution in [3.05, 3.63) is 65.2 Å². The third-order valence-corrected chi connectivity index (χ3v) is 3.21. The van der Waals surface area contributed by atoms with E-state index in [0.29, 0.717) is 19.0 Å². The molecule has 0 saturated heterocycles. The van der Waals surface area contributed by atoms with E-state index < -0.39 is 5.82 Å². The van der Waals surface area contributed by atoms with Gasteiger partial charge in [0.05, 0.1) is 25.4 Å². The average Bonchev–Trinajstić information content (AvgIpc) is 2.59. The second-order valence-electron chi connectivity index (χ2n) is 4.95. The number of aromatic nitrogens is 1. The topological polar surface area (TPSA) is 69.5 Å². The van der Waals surface area contributed by atoms with Crippen LogP contribution in [-0.2, 0) is 19.7 Å². The van der Waals surface area contributed by atoms with Crippen LogP contribution >= 0.6 is 24.0 Å². The van der Waals surface area contributed by atoms with E-state index in [2.05, 4.69) is 20.6 Å². The number of aliphatic hydroxyl groups excluding tert-OH is 1. The summed E-state index contributed by atoms with van der Waals surface area (Å²) in [6.45, 7) is 3.36. The first-order chi connectivity index (χ1) is 11.2. The minimum atomic E-state index is -0.402. The van der Waals surface area contributed by atoms with E-state index in [0.717, 1.165) is 17.8 Å². The molecule has 0 radical (unpaired) electrons. The van der Waals surface area contributed by atoms with Crippen molar-refractivity contribution in [1.82, 2.24) is 15.6 Å². The van der Waals surface area contributed by atoms with Gasteiger partial charge in [0, 0.05) is 18.3 Å². The van der Waals surface area contributed by atoms with Crippen LogP contribution in [0.2, 0.25) is 0 Å². The third-order valence-electron chi connectivity index (χ3n) is 3.21. The molecular weight excluding hydrogens is 422 g/mol. The van der Waals surface area contributed by atoms with Gasteiger partial charge in [0.15, 0.2) is 5.96 Å². The van der Waals surface area contributed by atoms with Crippen LogP contribution in [0, 0.1) is 5.82 Å². The maximum atomic E-state index is 13.4. The summed E-state index contributed by atoms with van der Waals surface area (Å²) in [6.07, 6.45) is 1.75. The van der Waals surface area contributed by atoms with Gasteiger partial charge in [-0.25, -0.2) is 9.38 Å². The number of guanidine groups is 1. The lowest BCUT2D eigenvalue weighted by molar-refractivity contribution is 0.275. The Morgan fingerprint density at radius 3 is 2.75 bits per heavy atom. The quantitative estimate of drug-likeness (QED) is 0.364. The summed E-state index contributed by atoms with van der Waals surface area (Å²) in [4.78, 5) is 8.71. The molecule has 0 saturated carbocycles. The van der Waals surface area contributed by atoms with Crippen LogP contribution in [0.15, 0.2) is 47.6 Å². The highest BCUT2D eigenvalue weighted by atomic mass is 127. The summed E-state index contributed by atoms with van der Waals surface area (Å²) in [5, 5.41) is 15.5. The number of aliphatic hydroxyl groups is 1. The van der Waals surface area contributed by atoms with Gasteiger partial charge in [-0.3, -0.25) is 4.98 Å². The van der Waals surface area contributed by atoms with Crippen LogP contribution in [0.3, 0.4) is 0 Å². The number of nitrogens with zero attached hydrogens (tertiary/aromatic N) is 2. The molecule has 2 rings (SSSR count). The Balaban J connectivity index is 0.00000288. The number of pyridine rings is 1. The van der Waals surface area contributed by atoms with E-state index in [1.165, 1.54) is 6.07 Å². The van der Waals surface area contributed by atoms with Gasteiger partial charge in [-0.05, 0) is 36.8 Å². The van der Waals surface area contributed by atoms with Gasteiger partial charge in [0.2, 0.25) is 0 Å². The summed E-state index contributed by atoms with van der Waals surface area (Å²) in [5.41, 5.74) is 2.04. The van der Waals surface area contributed by atoms with Crippen molar-refractivity contribution in [2.45, 2.75) is 26.6 Å². The Hall–Kier alpha value is -1.74. The van der Waals surface area contributed by atoms with E-state index in [4.69, 9.17) is 5.11 Å². The van der Waals surface area contributed by atoms with E-state index in [1.807, 2.05) is 25.1 Å². The van der Waals surface area contributed by atoms with E-state index in [-0.39, 0.29) is 36.1 Å². The van der Waals surface area contributed by atoms with Crippen LogP contribution in [0.5, 0.6) is 0 Å². The van der Waals surface area contributed by atoms with Crippen LogP contribution < -0.4 is 10.6 Å². The fraction of sp³-hybridized carbons (Fsp3) is 0.294. The zero-order valence-corrected chi connectivity index (χ0v) is 15.8. The number of benzene rings is 1. The van der Waals surface area contributed by atoms with E-state index >= 15 is 0 Å². The monoisotopic (exact) mass is 444 g/mol. The lowest BCUT2D eigenvalue weighted by Crippen LogP contribution is -2.37. The molecule has 0 aliphatic heterocycles. The number of hydrogen-bond acceptors (Lipinski definition) is 3. The molecule has 7 heteroatoms. The van der Waals surface area contributed by atoms with Gasteiger partial charge >= 0.3 is 0 Å². The van der Waals surface area contributed by atoms with Gasteiger partial charge in [-0.1, -0.05) is 12.1 Å². The Morgan fingerprint density at radius 2 is 2.08 bits per heavy atom. The molecule has 0 fully saturated rings. The molecule has 3 N–H and O–H groups in total. The standard InChI is InChI=1S/C17H21FN4O.HI/c1-2-19-17(22-11-15-5-3-4-8-20-15)21-10-13-6-7-16(18)14(9-13)12-23;/h3-9,23H,2,10-12H2,1H3,(H2,19,21,22);1H. The van der Waals surface area contributed by atoms with Crippen molar-refractivity contribution in [2.24, 2.45) is 4.99 Å². The predicted molar refractivity (Wildman–Crippen MR) is 104 cm³/mol. The van der Waals surface area contributed by atoms with Crippen molar-refractivity contribution in [2.75, 3.05) is 6.54 Å². The Labute approximate surface area is 158 Å². The lowest BCUT2D eigenvalue weighted by Gasteiger charge is -2.11. The Morgan fingerprint density at radius 1 is 1.25 bits per heavy atom. The zero-order chi connectivity index (χ0) is 16.5. The summed E-state index contributed by atoms with van der Waals surface area (Å²) in [6, 6.07) is 10.4. The zero-order valence-electron chi connectivity index (χ0n) is 13.5. The van der Waals surface area contributed by atoms with Crippen LogP contribution in [-0.4, -0.2) is 22.6 Å². The highest BCUT2D eigenvalue weighted by Crippen LogP contribution is 2.11. The molecule has 0 amide bonds. The third kappa shape index (κ3) is 6.40. The summed E-state index contributed by atoms with van der Waals surface area (Å²) in [7, 11) is 0. The van der Waals surface area contributed by atoms with E-state index in [9.17, 15) is 4.39 Å². The minimum absolute atomic E-state index is 0. The average molecular weight is 444 g/mol. The minimum Gasteiger partial charge on any atom is -0.392 e. The van der Waals surface area contributed by atoms with Gasteiger partial charge < -0.3 is 15.7 Å². The van der Waals surface area contributed by atoms with Crippen LogP contribution in [0.25, 0.3) is 0 Å². The molecule has 24 heavy (non-hydrogen) atoms. The van der Waals surface area contributed by atoms with Crippen LogP contribution in [0.1, 0.15) is 23.7 Å².